The van der Waals surface area contributed by atoms with Gasteiger partial charge in [0.1, 0.15) is 6.42 Å². The molecule has 0 spiro atoms. The topological polar surface area (TPSA) is 90.6 Å². The number of nitriles is 1. The van der Waals surface area contributed by atoms with Gasteiger partial charge >= 0.3 is 0 Å². The fraction of sp³-hybridized carbons (Fsp3) is 0.294. The van der Waals surface area contributed by atoms with Crippen LogP contribution in [-0.4, -0.2) is 43.4 Å². The highest BCUT2D eigenvalue weighted by molar-refractivity contribution is 7.17. The Morgan fingerprint density at radius 1 is 1.40 bits per heavy atom. The molecule has 0 atom stereocenters. The zero-order chi connectivity index (χ0) is 17.5. The van der Waals surface area contributed by atoms with Crippen molar-refractivity contribution in [2.45, 2.75) is 6.42 Å². The molecule has 1 aromatic carbocycles. The molecule has 2 aromatic rings. The Bertz CT molecular complexity index is 791. The zero-order valence-electron chi connectivity index (χ0n) is 13.5. The number of nitrogens with one attached hydrogen (secondary N) is 1. The third-order valence-electron chi connectivity index (χ3n) is 3.58. The summed E-state index contributed by atoms with van der Waals surface area (Å²) in [7, 11) is 0. The predicted molar refractivity (Wildman–Crippen MR) is 96.5 cm³/mol. The first-order valence-corrected chi connectivity index (χ1v) is 8.67. The van der Waals surface area contributed by atoms with E-state index in [0.717, 1.165) is 34.4 Å². The summed E-state index contributed by atoms with van der Waals surface area (Å²) in [5.41, 5.74) is 4.17. The van der Waals surface area contributed by atoms with Gasteiger partial charge in [-0.1, -0.05) is 41.7 Å². The van der Waals surface area contributed by atoms with Crippen molar-refractivity contribution >= 4 is 28.6 Å². The molecule has 128 valence electrons. The van der Waals surface area contributed by atoms with Gasteiger partial charge in [-0.25, -0.2) is 10.4 Å². The van der Waals surface area contributed by atoms with Gasteiger partial charge in [0, 0.05) is 18.7 Å². The third-order valence-corrected chi connectivity index (χ3v) is 4.63. The van der Waals surface area contributed by atoms with Crippen LogP contribution < -0.4 is 10.3 Å². The summed E-state index contributed by atoms with van der Waals surface area (Å²) >= 11 is 1.52. The van der Waals surface area contributed by atoms with E-state index < -0.39 is 5.91 Å². The number of hydrazone groups is 1. The van der Waals surface area contributed by atoms with Gasteiger partial charge in [0.05, 0.1) is 36.1 Å². The van der Waals surface area contributed by atoms with Crippen molar-refractivity contribution in [2.75, 3.05) is 31.2 Å². The summed E-state index contributed by atoms with van der Waals surface area (Å²) in [6.45, 7) is 2.98. The first-order chi connectivity index (χ1) is 12.3. The average Bonchev–Trinajstić information content (AvgIpc) is 3.08. The summed E-state index contributed by atoms with van der Waals surface area (Å²) < 4.78 is 5.39. The first kappa shape index (κ1) is 17.1. The molecule has 1 amide bonds. The number of carbonyl (C=O) groups is 1. The van der Waals surface area contributed by atoms with Gasteiger partial charge in [0.15, 0.2) is 5.13 Å². The Labute approximate surface area is 149 Å². The molecule has 1 fully saturated rings. The zero-order valence-corrected chi connectivity index (χ0v) is 14.3. The number of carbonyl (C=O) groups excluding carboxylic acids is 1. The Morgan fingerprint density at radius 2 is 2.16 bits per heavy atom. The van der Waals surface area contributed by atoms with Crippen LogP contribution in [0.4, 0.5) is 5.13 Å². The summed E-state index contributed by atoms with van der Waals surface area (Å²) in [5.74, 6) is -0.432. The van der Waals surface area contributed by atoms with Gasteiger partial charge in [0.2, 0.25) is 0 Å². The van der Waals surface area contributed by atoms with Crippen molar-refractivity contribution < 1.29 is 9.53 Å². The summed E-state index contributed by atoms with van der Waals surface area (Å²) in [6.07, 6.45) is 1.36. The van der Waals surface area contributed by atoms with Crippen LogP contribution in [0.15, 0.2) is 35.4 Å². The Hall–Kier alpha value is -2.76. The second-order valence-corrected chi connectivity index (χ2v) is 6.31. The second kappa shape index (κ2) is 8.37. The number of benzene rings is 1. The fourth-order valence-corrected chi connectivity index (χ4v) is 3.39. The summed E-state index contributed by atoms with van der Waals surface area (Å²) in [6, 6.07) is 11.6. The summed E-state index contributed by atoms with van der Waals surface area (Å²) in [4.78, 5) is 19.2. The smallest absolute Gasteiger partial charge is 0.254 e. The van der Waals surface area contributed by atoms with Crippen LogP contribution in [0, 0.1) is 11.3 Å². The van der Waals surface area contributed by atoms with Crippen LogP contribution >= 0.6 is 11.3 Å². The lowest BCUT2D eigenvalue weighted by molar-refractivity contribution is -0.120. The van der Waals surface area contributed by atoms with Gasteiger partial charge in [-0.3, -0.25) is 4.79 Å². The molecular formula is C17H17N5O2S. The van der Waals surface area contributed by atoms with Gasteiger partial charge < -0.3 is 9.64 Å². The van der Waals surface area contributed by atoms with Gasteiger partial charge in [-0.05, 0) is 0 Å². The molecule has 0 aliphatic carbocycles. The van der Waals surface area contributed by atoms with Crippen molar-refractivity contribution in [1.82, 2.24) is 10.4 Å². The molecule has 0 unspecified atom stereocenters. The number of hydrogen-bond donors (Lipinski definition) is 1. The highest BCUT2D eigenvalue weighted by atomic mass is 32.1. The van der Waals surface area contributed by atoms with Crippen LogP contribution in [0.5, 0.6) is 0 Å². The van der Waals surface area contributed by atoms with Crippen LogP contribution in [-0.2, 0) is 9.53 Å². The van der Waals surface area contributed by atoms with Crippen LogP contribution in [0.3, 0.4) is 0 Å². The maximum absolute atomic E-state index is 11.4. The van der Waals surface area contributed by atoms with Crippen molar-refractivity contribution in [3.8, 4) is 17.3 Å². The van der Waals surface area contributed by atoms with E-state index in [9.17, 15) is 4.79 Å². The third kappa shape index (κ3) is 4.41. The number of anilines is 1. The highest BCUT2D eigenvalue weighted by Gasteiger charge is 2.18. The number of rotatable bonds is 5. The molecule has 0 saturated carbocycles. The minimum absolute atomic E-state index is 0.218. The van der Waals surface area contributed by atoms with Crippen molar-refractivity contribution in [2.24, 2.45) is 5.10 Å². The molecule has 7 nitrogen and oxygen atoms in total. The highest BCUT2D eigenvalue weighted by Crippen LogP contribution is 2.32. The Balaban J connectivity index is 1.86. The number of ether oxygens (including phenoxy) is 1. The fourth-order valence-electron chi connectivity index (χ4n) is 2.37. The average molecular weight is 355 g/mol. The molecule has 1 aliphatic rings. The van der Waals surface area contributed by atoms with Gasteiger partial charge in [-0.2, -0.15) is 10.4 Å². The molecule has 2 heterocycles. The molecule has 25 heavy (non-hydrogen) atoms. The molecule has 8 heteroatoms. The first-order valence-electron chi connectivity index (χ1n) is 7.85. The standard InChI is InChI=1S/C17H17N5O2S/c18-7-6-15(23)21-19-12-14-16(13-4-2-1-3-5-13)20-17(25-14)22-8-10-24-11-9-22/h1-5,12H,6,8-11H2,(H,21,23)/b19-12-. The molecule has 3 rings (SSSR count). The van der Waals surface area contributed by atoms with Gasteiger partial charge in [-0.15, -0.1) is 0 Å². The van der Waals surface area contributed by atoms with Crippen LogP contribution in [0.25, 0.3) is 11.3 Å². The molecule has 1 N–H and O–H groups in total. The quantitative estimate of drug-likeness (QED) is 0.654. The van der Waals surface area contributed by atoms with Crippen molar-refractivity contribution in [3.05, 3.63) is 35.2 Å². The van der Waals surface area contributed by atoms with E-state index in [-0.39, 0.29) is 6.42 Å². The van der Waals surface area contributed by atoms with E-state index >= 15 is 0 Å². The molecule has 1 aromatic heterocycles. The van der Waals surface area contributed by atoms with Crippen LogP contribution in [0.1, 0.15) is 11.3 Å². The summed E-state index contributed by atoms with van der Waals surface area (Å²) in [5, 5.41) is 13.4. The van der Waals surface area contributed by atoms with Crippen molar-refractivity contribution in [1.29, 1.82) is 5.26 Å². The van der Waals surface area contributed by atoms with E-state index in [0.29, 0.717) is 13.2 Å². The minimum Gasteiger partial charge on any atom is -0.378 e. The number of morpholine rings is 1. The van der Waals surface area contributed by atoms with E-state index in [4.69, 9.17) is 15.0 Å². The molecular weight excluding hydrogens is 338 g/mol. The number of amides is 1. The Kier molecular flexibility index (Phi) is 5.72. The Morgan fingerprint density at radius 3 is 2.88 bits per heavy atom. The van der Waals surface area contributed by atoms with Crippen molar-refractivity contribution in [3.63, 3.8) is 0 Å². The molecule has 0 radical (unpaired) electrons. The number of nitrogens with zero attached hydrogens (tertiary/aromatic N) is 4. The van der Waals surface area contributed by atoms with E-state index in [1.165, 1.54) is 11.3 Å². The SMILES string of the molecule is N#CCC(=O)N/N=C\c1sc(N2CCOCC2)nc1-c1ccccc1. The normalized spacial score (nSPS) is 14.4. The minimum atomic E-state index is -0.432. The monoisotopic (exact) mass is 355 g/mol. The van der Waals surface area contributed by atoms with E-state index in [1.54, 1.807) is 12.3 Å². The lowest BCUT2D eigenvalue weighted by atomic mass is 10.1. The van der Waals surface area contributed by atoms with Crippen LogP contribution in [0.2, 0.25) is 0 Å². The molecule has 1 saturated heterocycles. The maximum Gasteiger partial charge on any atom is 0.254 e. The number of hydrogen-bond acceptors (Lipinski definition) is 7. The number of thiazole rings is 1. The number of aromatic nitrogens is 1. The second-order valence-electron chi connectivity index (χ2n) is 5.30. The molecule has 1 aliphatic heterocycles. The predicted octanol–water partition coefficient (Wildman–Crippen LogP) is 2.01. The maximum atomic E-state index is 11.4. The van der Waals surface area contributed by atoms with E-state index in [1.807, 2.05) is 30.3 Å². The largest absolute Gasteiger partial charge is 0.378 e. The lowest BCUT2D eigenvalue weighted by Gasteiger charge is -2.26. The van der Waals surface area contributed by atoms with Gasteiger partial charge in [0.25, 0.3) is 5.91 Å². The van der Waals surface area contributed by atoms with E-state index in [2.05, 4.69) is 15.4 Å². The molecule has 0 bridgehead atoms. The lowest BCUT2D eigenvalue weighted by Crippen LogP contribution is -2.36.